The maximum atomic E-state index is 13.3. The van der Waals surface area contributed by atoms with Crippen LogP contribution < -0.4 is 27.9 Å². The fourth-order valence-electron chi connectivity index (χ4n) is 4.88. The Morgan fingerprint density at radius 1 is 1.37 bits per heavy atom. The molecule has 2 fully saturated rings. The van der Waals surface area contributed by atoms with Gasteiger partial charge in [0.05, 0.1) is 17.6 Å². The first-order valence-corrected chi connectivity index (χ1v) is 16.7. The molecule has 1 aromatic heterocycles. The fraction of sp³-hybridized carbons (Fsp3) is 0.480. The number of carbonyl (C=O) groups excluding carboxylic acids is 3. The number of aromatic nitrogens is 1. The molecule has 3 unspecified atom stereocenters. The number of oxime groups is 1. The lowest BCUT2D eigenvalue weighted by molar-refractivity contribution is -0.157. The molecule has 0 spiro atoms. The average molecular weight is 696 g/mol. The van der Waals surface area contributed by atoms with E-state index in [1.54, 1.807) is 18.1 Å². The second-order valence-electron chi connectivity index (χ2n) is 10.9. The second kappa shape index (κ2) is 13.5. The Kier molecular flexibility index (Phi) is 9.79. The summed E-state index contributed by atoms with van der Waals surface area (Å²) in [7, 11) is 0. The number of nitrogen functional groups attached to an aromatic ring is 1. The largest absolute Gasteiger partial charge is 0.481 e. The summed E-state index contributed by atoms with van der Waals surface area (Å²) in [6, 6.07) is -0.938. The highest BCUT2D eigenvalue weighted by Crippen LogP contribution is 2.45. The Labute approximate surface area is 275 Å². The number of aliphatic carboxylic acids is 1. The maximum Gasteiger partial charge on any atom is 0.313 e. The Balaban J connectivity index is 1.26. The van der Waals surface area contributed by atoms with Crippen LogP contribution in [-0.2, 0) is 24.0 Å². The molecule has 0 radical (unpaired) electrons. The molecule has 46 heavy (non-hydrogen) atoms. The van der Waals surface area contributed by atoms with Gasteiger partial charge in [0, 0.05) is 34.7 Å². The number of thiazole rings is 1. The van der Waals surface area contributed by atoms with Crippen molar-refractivity contribution in [2.45, 2.75) is 44.7 Å². The van der Waals surface area contributed by atoms with Gasteiger partial charge in [0.1, 0.15) is 35.4 Å². The highest BCUT2D eigenvalue weighted by atomic mass is 32.2. The first-order chi connectivity index (χ1) is 21.9. The van der Waals surface area contributed by atoms with Crippen LogP contribution in [0.2, 0.25) is 0 Å². The Morgan fingerprint density at radius 2 is 2.13 bits per heavy atom. The standard InChI is InChI=1S/C25H33N11O7S3/c1-11(4-16(38)31-27)43-32-17(14-6-44-24(26)29-14)19(39)30-18-20(40)35-7-25(23(41)42,9-46-22(18)35)8-45-21-12(2)13(3)28-15-5-34(10-37)33-36(15)21/h5-6,11,18,22,33,37H,4,7-10,27H2,1-3H3,(H2,26,29)(H,30,39)(H,31,38)(H,41,42)/t11?,18?,22-,25?/m1/s1. The van der Waals surface area contributed by atoms with Crippen molar-refractivity contribution in [3.05, 3.63) is 33.7 Å². The zero-order valence-corrected chi connectivity index (χ0v) is 27.4. The number of β-lactam (4-membered cyclic amide) rings is 1. The molecule has 4 atom stereocenters. The number of aliphatic imine (C=N–C) groups is 1. The smallest absolute Gasteiger partial charge is 0.313 e. The number of carbonyl (C=O) groups is 4. The zero-order chi connectivity index (χ0) is 33.3. The molecule has 0 saturated carbocycles. The molecule has 1 aromatic rings. The highest BCUT2D eigenvalue weighted by molar-refractivity contribution is 8.03. The van der Waals surface area contributed by atoms with Crippen molar-refractivity contribution in [1.82, 2.24) is 36.2 Å². The van der Waals surface area contributed by atoms with E-state index in [0.29, 0.717) is 5.82 Å². The minimum absolute atomic E-state index is 0.0517. The number of amides is 3. The Hall–Kier alpha value is -3.89. The zero-order valence-electron chi connectivity index (χ0n) is 24.9. The summed E-state index contributed by atoms with van der Waals surface area (Å²) < 4.78 is 0. The number of hydrogen-bond donors (Lipinski definition) is 7. The van der Waals surface area contributed by atoms with E-state index in [1.165, 1.54) is 38.8 Å². The number of rotatable bonds is 12. The van der Waals surface area contributed by atoms with Crippen LogP contribution in [0.15, 0.2) is 38.2 Å². The van der Waals surface area contributed by atoms with Gasteiger partial charge in [-0.05, 0) is 20.8 Å². The molecule has 5 rings (SSSR count). The molecule has 18 nitrogen and oxygen atoms in total. The van der Waals surface area contributed by atoms with Crippen LogP contribution in [0.4, 0.5) is 5.13 Å². The summed E-state index contributed by atoms with van der Waals surface area (Å²) in [5.41, 5.74) is 11.0. The topological polar surface area (TPSA) is 253 Å². The van der Waals surface area contributed by atoms with E-state index in [0.717, 1.165) is 27.7 Å². The molecule has 2 saturated heterocycles. The first kappa shape index (κ1) is 33.5. The van der Waals surface area contributed by atoms with Crippen LogP contribution >= 0.6 is 34.9 Å². The number of hydrazine groups is 3. The number of carboxylic acid groups (broad SMARTS) is 1. The van der Waals surface area contributed by atoms with Gasteiger partial charge < -0.3 is 31.0 Å². The van der Waals surface area contributed by atoms with Crippen LogP contribution in [0.25, 0.3) is 0 Å². The third-order valence-electron chi connectivity index (χ3n) is 7.54. The number of anilines is 1. The molecular weight excluding hydrogens is 663 g/mol. The molecule has 0 aliphatic carbocycles. The van der Waals surface area contributed by atoms with E-state index in [2.05, 4.69) is 26.0 Å². The lowest BCUT2D eigenvalue weighted by atomic mass is 9.89. The summed E-state index contributed by atoms with van der Waals surface area (Å²) in [5.74, 6) is 3.28. The molecule has 248 valence electrons. The number of hydrogen-bond acceptors (Lipinski definition) is 17. The van der Waals surface area contributed by atoms with Crippen LogP contribution in [0.5, 0.6) is 0 Å². The average Bonchev–Trinajstić information content (AvgIpc) is 3.65. The van der Waals surface area contributed by atoms with Gasteiger partial charge in [0.15, 0.2) is 16.7 Å². The van der Waals surface area contributed by atoms with E-state index in [9.17, 15) is 29.4 Å². The lowest BCUT2D eigenvalue weighted by Gasteiger charge is -2.53. The van der Waals surface area contributed by atoms with Gasteiger partial charge in [-0.25, -0.2) is 20.8 Å². The van der Waals surface area contributed by atoms with Crippen LogP contribution in [0, 0.1) is 5.41 Å². The van der Waals surface area contributed by atoms with Gasteiger partial charge >= 0.3 is 5.97 Å². The summed E-state index contributed by atoms with van der Waals surface area (Å²) in [4.78, 5) is 66.3. The Morgan fingerprint density at radius 3 is 2.78 bits per heavy atom. The number of allylic oxidation sites excluding steroid dienone is 1. The van der Waals surface area contributed by atoms with Gasteiger partial charge in [-0.1, -0.05) is 5.16 Å². The molecule has 4 aliphatic heterocycles. The van der Waals surface area contributed by atoms with Gasteiger partial charge in [0.2, 0.25) is 11.8 Å². The summed E-state index contributed by atoms with van der Waals surface area (Å²) in [6.45, 7) is 4.95. The fourth-order valence-corrected chi connectivity index (χ4v) is 8.46. The van der Waals surface area contributed by atoms with Crippen molar-refractivity contribution in [3.63, 3.8) is 0 Å². The number of fused-ring (bicyclic) bond motifs is 2. The predicted molar refractivity (Wildman–Crippen MR) is 171 cm³/mol. The van der Waals surface area contributed by atoms with E-state index >= 15 is 0 Å². The molecule has 0 aromatic carbocycles. The van der Waals surface area contributed by atoms with Crippen molar-refractivity contribution in [2.24, 2.45) is 21.4 Å². The van der Waals surface area contributed by atoms with E-state index in [-0.39, 0.29) is 47.7 Å². The van der Waals surface area contributed by atoms with Crippen molar-refractivity contribution in [2.75, 3.05) is 30.5 Å². The van der Waals surface area contributed by atoms with Crippen molar-refractivity contribution < 1.29 is 34.2 Å². The molecule has 0 bridgehead atoms. The summed E-state index contributed by atoms with van der Waals surface area (Å²) >= 11 is 3.67. The molecule has 21 heteroatoms. The van der Waals surface area contributed by atoms with Crippen LogP contribution in [0.1, 0.15) is 32.9 Å². The third kappa shape index (κ3) is 6.51. The van der Waals surface area contributed by atoms with Gasteiger partial charge in [-0.15, -0.1) is 40.4 Å². The number of aliphatic hydroxyl groups excluding tert-OH is 1. The number of aliphatic hydroxyl groups is 1. The van der Waals surface area contributed by atoms with Crippen molar-refractivity contribution in [3.8, 4) is 0 Å². The van der Waals surface area contributed by atoms with E-state index < -0.39 is 46.6 Å². The van der Waals surface area contributed by atoms with Gasteiger partial charge in [-0.2, -0.15) is 0 Å². The number of thioether (sulfide) groups is 2. The van der Waals surface area contributed by atoms with Gasteiger partial charge in [-0.3, -0.25) is 29.6 Å². The highest BCUT2D eigenvalue weighted by Gasteiger charge is 2.58. The minimum Gasteiger partial charge on any atom is -0.481 e. The number of carboxylic acids is 1. The summed E-state index contributed by atoms with van der Waals surface area (Å²) in [6.07, 6.45) is 0.787. The van der Waals surface area contributed by atoms with Crippen molar-refractivity contribution in [1.29, 1.82) is 0 Å². The second-order valence-corrected chi connectivity index (χ2v) is 13.8. The molecule has 3 amide bonds. The monoisotopic (exact) mass is 695 g/mol. The normalized spacial score (nSPS) is 24.8. The van der Waals surface area contributed by atoms with Crippen LogP contribution in [0.3, 0.4) is 0 Å². The first-order valence-electron chi connectivity index (χ1n) is 13.8. The van der Waals surface area contributed by atoms with Crippen molar-refractivity contribution >= 4 is 75.1 Å². The number of nitrogens with one attached hydrogen (secondary N) is 3. The quantitative estimate of drug-likeness (QED) is 0.0451. The minimum atomic E-state index is -1.28. The number of nitrogens with zero attached hydrogens (tertiary/aromatic N) is 6. The SMILES string of the molecule is CC1=NC2=CN(CO)NN2C(SCC2(C(=O)O)CS[C@@H]3C(NC(=O)C(=NOC(C)CC(=O)NN)c4csc(N)n4)C(=O)N3C2)=C1C. The van der Waals surface area contributed by atoms with E-state index in [4.69, 9.17) is 16.4 Å². The maximum absolute atomic E-state index is 13.3. The van der Waals surface area contributed by atoms with Crippen LogP contribution in [-0.4, -0.2) is 108 Å². The van der Waals surface area contributed by atoms with Gasteiger partial charge in [0.25, 0.3) is 5.91 Å². The molecule has 4 aliphatic rings. The lowest BCUT2D eigenvalue weighted by Crippen LogP contribution is -2.74. The third-order valence-corrected chi connectivity index (χ3v) is 11.3. The number of nitrogens with two attached hydrogens (primary N) is 2. The molecule has 9 N–H and O–H groups in total. The Bertz CT molecular complexity index is 1560. The molecule has 5 heterocycles. The predicted octanol–water partition coefficient (Wildman–Crippen LogP) is -1.09. The molecular formula is C25H33N11O7S3. The summed E-state index contributed by atoms with van der Waals surface area (Å²) in [5, 5.41) is 31.6. The van der Waals surface area contributed by atoms with E-state index in [1.807, 2.05) is 19.3 Å².